The number of carbonyl (C=O) groups is 1. The number of aromatic nitrogens is 5. The average Bonchev–Trinajstić information content (AvgIpc) is 3.34. The molecule has 12 nitrogen and oxygen atoms in total. The van der Waals surface area contributed by atoms with Crippen LogP contribution >= 0.6 is 23.1 Å². The number of anilines is 1. The van der Waals surface area contributed by atoms with Crippen LogP contribution in [0.1, 0.15) is 18.3 Å². The van der Waals surface area contributed by atoms with E-state index in [0.717, 1.165) is 17.0 Å². The van der Waals surface area contributed by atoms with Gasteiger partial charge in [0.15, 0.2) is 9.34 Å². The molecule has 15 heteroatoms. The van der Waals surface area contributed by atoms with Gasteiger partial charge in [-0.15, -0.1) is 5.10 Å². The number of hydrogen-bond acceptors (Lipinski definition) is 11. The third-order valence-electron chi connectivity index (χ3n) is 4.70. The summed E-state index contributed by atoms with van der Waals surface area (Å²) in [5.41, 5.74) is 1.07. The Balaban J connectivity index is 1.48. The molecule has 1 atom stereocenters. The third kappa shape index (κ3) is 5.11. The molecule has 4 rings (SSSR count). The fourth-order valence-electron chi connectivity index (χ4n) is 3.26. The summed E-state index contributed by atoms with van der Waals surface area (Å²) in [6.45, 7) is 5.47. The molecule has 0 saturated carbocycles. The maximum Gasteiger partial charge on any atom is 0.256 e. The number of hydrogen-bond donors (Lipinski definition) is 1. The zero-order chi connectivity index (χ0) is 23.8. The van der Waals surface area contributed by atoms with E-state index in [9.17, 15) is 13.2 Å². The van der Waals surface area contributed by atoms with Gasteiger partial charge >= 0.3 is 0 Å². The molecule has 1 saturated heterocycles. The highest BCUT2D eigenvalue weighted by atomic mass is 32.2. The molecule has 1 unspecified atom stereocenters. The van der Waals surface area contributed by atoms with Crippen LogP contribution in [0.4, 0.5) is 5.13 Å². The van der Waals surface area contributed by atoms with Gasteiger partial charge in [-0.05, 0) is 20.1 Å². The minimum atomic E-state index is -3.80. The lowest BCUT2D eigenvalue weighted by Crippen LogP contribution is -2.47. The summed E-state index contributed by atoms with van der Waals surface area (Å²) in [7, 11) is -3.80. The zero-order valence-corrected chi connectivity index (χ0v) is 20.9. The number of sulfonamides is 1. The smallest absolute Gasteiger partial charge is 0.256 e. The molecule has 3 aromatic rings. The summed E-state index contributed by atoms with van der Waals surface area (Å²) < 4.78 is 41.1. The lowest BCUT2D eigenvalue weighted by atomic mass is 10.3. The van der Waals surface area contributed by atoms with E-state index in [1.165, 1.54) is 27.5 Å². The number of carbonyl (C=O) groups excluding carboxylic acids is 1. The number of morpholine rings is 1. The Bertz CT molecular complexity index is 1290. The van der Waals surface area contributed by atoms with Gasteiger partial charge in [-0.2, -0.15) is 13.8 Å². The van der Waals surface area contributed by atoms with Gasteiger partial charge in [0, 0.05) is 31.8 Å². The largest absolute Gasteiger partial charge is 0.475 e. The summed E-state index contributed by atoms with van der Waals surface area (Å²) in [6.07, 6.45) is 1.39. The lowest BCUT2D eigenvalue weighted by molar-refractivity contribution is -0.114. The third-order valence-corrected chi connectivity index (χ3v) is 8.76. The summed E-state index contributed by atoms with van der Waals surface area (Å²) in [5, 5.41) is 7.72. The van der Waals surface area contributed by atoms with E-state index in [4.69, 9.17) is 9.47 Å². The van der Waals surface area contributed by atoms with E-state index in [-0.39, 0.29) is 41.6 Å². The molecule has 178 valence electrons. The van der Waals surface area contributed by atoms with E-state index in [1.54, 1.807) is 13.0 Å². The van der Waals surface area contributed by atoms with Crippen LogP contribution in [0.3, 0.4) is 0 Å². The van der Waals surface area contributed by atoms with Crippen molar-refractivity contribution in [3.05, 3.63) is 17.5 Å². The Hall–Kier alpha value is -2.33. The first-order valence-electron chi connectivity index (χ1n) is 9.95. The summed E-state index contributed by atoms with van der Waals surface area (Å²) in [6, 6.07) is 1.74. The van der Waals surface area contributed by atoms with Crippen molar-refractivity contribution < 1.29 is 22.7 Å². The first-order valence-corrected chi connectivity index (χ1v) is 13.4. The van der Waals surface area contributed by atoms with Crippen molar-refractivity contribution in [1.82, 2.24) is 28.9 Å². The highest BCUT2D eigenvalue weighted by Gasteiger charge is 2.34. The minimum Gasteiger partial charge on any atom is -0.475 e. The second-order valence-corrected chi connectivity index (χ2v) is 11.2. The van der Waals surface area contributed by atoms with E-state index >= 15 is 0 Å². The SMILES string of the molecule is CSc1nc2nc(C)cc(OCC3CN(S(=O)(=O)c4sc(NC(C)=O)nc4C)CCO3)n2n1. The molecule has 1 aliphatic rings. The van der Waals surface area contributed by atoms with Gasteiger partial charge in [0.25, 0.3) is 15.8 Å². The number of nitrogens with zero attached hydrogens (tertiary/aromatic N) is 6. The predicted molar refractivity (Wildman–Crippen MR) is 122 cm³/mol. The van der Waals surface area contributed by atoms with Crippen molar-refractivity contribution in [1.29, 1.82) is 0 Å². The van der Waals surface area contributed by atoms with Gasteiger partial charge < -0.3 is 14.8 Å². The molecule has 0 spiro atoms. The molecule has 0 bridgehead atoms. The van der Waals surface area contributed by atoms with Crippen LogP contribution in [0.15, 0.2) is 15.4 Å². The zero-order valence-electron chi connectivity index (χ0n) is 18.4. The first kappa shape index (κ1) is 23.8. The molecule has 1 aliphatic heterocycles. The number of thioether (sulfide) groups is 1. The van der Waals surface area contributed by atoms with Gasteiger partial charge in [-0.25, -0.2) is 18.4 Å². The minimum absolute atomic E-state index is 0.103. The molecule has 0 aliphatic carbocycles. The Labute approximate surface area is 198 Å². The molecule has 0 aromatic carbocycles. The number of nitrogens with one attached hydrogen (secondary N) is 1. The van der Waals surface area contributed by atoms with Gasteiger partial charge in [0.05, 0.1) is 12.3 Å². The summed E-state index contributed by atoms with van der Waals surface area (Å²) in [5.74, 6) is 0.569. The van der Waals surface area contributed by atoms with Gasteiger partial charge in [-0.3, -0.25) is 4.79 Å². The van der Waals surface area contributed by atoms with Gasteiger partial charge in [-0.1, -0.05) is 23.1 Å². The number of aryl methyl sites for hydroxylation is 2. The summed E-state index contributed by atoms with van der Waals surface area (Å²) >= 11 is 2.33. The van der Waals surface area contributed by atoms with Crippen LogP contribution in [-0.2, 0) is 19.6 Å². The predicted octanol–water partition coefficient (Wildman–Crippen LogP) is 1.35. The fraction of sp³-hybridized carbons (Fsp3) is 0.500. The van der Waals surface area contributed by atoms with Crippen molar-refractivity contribution in [3.63, 3.8) is 0 Å². The average molecular weight is 514 g/mol. The van der Waals surface area contributed by atoms with E-state index in [0.29, 0.717) is 22.5 Å². The van der Waals surface area contributed by atoms with Crippen molar-refractivity contribution >= 4 is 49.9 Å². The second-order valence-electron chi connectivity index (χ2n) is 7.29. The molecule has 3 aromatic heterocycles. The lowest BCUT2D eigenvalue weighted by Gasteiger charge is -2.31. The Morgan fingerprint density at radius 1 is 1.36 bits per heavy atom. The van der Waals surface area contributed by atoms with Gasteiger partial charge in [0.1, 0.15) is 12.7 Å². The number of ether oxygens (including phenoxy) is 2. The second kappa shape index (κ2) is 9.50. The number of thiazole rings is 1. The highest BCUT2D eigenvalue weighted by molar-refractivity contribution is 7.98. The molecule has 33 heavy (non-hydrogen) atoms. The number of fused-ring (bicyclic) bond motifs is 1. The highest BCUT2D eigenvalue weighted by Crippen LogP contribution is 2.30. The van der Waals surface area contributed by atoms with Crippen molar-refractivity contribution in [2.75, 3.05) is 37.9 Å². The Morgan fingerprint density at radius 3 is 2.88 bits per heavy atom. The van der Waals surface area contributed by atoms with Crippen LogP contribution in [0.5, 0.6) is 5.88 Å². The molecule has 1 N–H and O–H groups in total. The van der Waals surface area contributed by atoms with Crippen molar-refractivity contribution in [2.45, 2.75) is 36.2 Å². The van der Waals surface area contributed by atoms with Gasteiger partial charge in [0.2, 0.25) is 16.9 Å². The molecular weight excluding hydrogens is 490 g/mol. The Kier molecular flexibility index (Phi) is 6.86. The van der Waals surface area contributed by atoms with Crippen LogP contribution in [-0.4, -0.2) is 81.9 Å². The molecule has 0 radical (unpaired) electrons. The molecule has 4 heterocycles. The topological polar surface area (TPSA) is 141 Å². The standard InChI is InChI=1S/C18H23N7O5S3/c1-10-7-14(25-16(19-10)22-18(23-25)31-4)30-9-13-8-24(5-6-29-13)33(27,28)15-11(2)20-17(32-15)21-12(3)26/h7,13H,5-6,8-9H2,1-4H3,(H,20,21,26). The normalized spacial score (nSPS) is 17.4. The maximum absolute atomic E-state index is 13.2. The summed E-state index contributed by atoms with van der Waals surface area (Å²) in [4.78, 5) is 24.1. The van der Waals surface area contributed by atoms with Crippen LogP contribution < -0.4 is 10.1 Å². The molecule has 1 fully saturated rings. The monoisotopic (exact) mass is 513 g/mol. The van der Waals surface area contributed by atoms with Crippen LogP contribution in [0.25, 0.3) is 5.78 Å². The van der Waals surface area contributed by atoms with E-state index in [2.05, 4.69) is 25.4 Å². The van der Waals surface area contributed by atoms with Crippen molar-refractivity contribution in [3.8, 4) is 5.88 Å². The van der Waals surface area contributed by atoms with Crippen LogP contribution in [0.2, 0.25) is 0 Å². The molecule has 1 amide bonds. The quantitative estimate of drug-likeness (QED) is 0.460. The fourth-order valence-corrected chi connectivity index (χ4v) is 6.65. The Morgan fingerprint density at radius 2 is 2.15 bits per heavy atom. The number of amides is 1. The van der Waals surface area contributed by atoms with Crippen LogP contribution in [0, 0.1) is 13.8 Å². The number of rotatable bonds is 7. The van der Waals surface area contributed by atoms with E-state index in [1.807, 2.05) is 13.2 Å². The van der Waals surface area contributed by atoms with Crippen molar-refractivity contribution in [2.24, 2.45) is 0 Å². The first-order chi connectivity index (χ1) is 15.7. The maximum atomic E-state index is 13.2. The van der Waals surface area contributed by atoms with E-state index < -0.39 is 16.1 Å². The molecular formula is C18H23N7O5S3.